The summed E-state index contributed by atoms with van der Waals surface area (Å²) in [6.45, 7) is 0. The molecule has 0 heterocycles. The quantitative estimate of drug-likeness (QED) is 0.681. The Morgan fingerprint density at radius 2 is 1.67 bits per heavy atom. The molecule has 0 radical (unpaired) electrons. The van der Waals surface area contributed by atoms with Crippen LogP contribution in [0.5, 0.6) is 5.75 Å². The van der Waals surface area contributed by atoms with Crippen molar-refractivity contribution in [1.29, 1.82) is 0 Å². The van der Waals surface area contributed by atoms with Crippen LogP contribution < -0.4 is 4.74 Å². The largest absolute Gasteiger partial charge is 0.493 e. The second-order valence-corrected chi connectivity index (χ2v) is 5.34. The highest BCUT2D eigenvalue weighted by Gasteiger charge is 2.36. The molecule has 6 heteroatoms. The average Bonchev–Trinajstić information content (AvgIpc) is 2.42. The molecule has 0 unspecified atom stereocenters. The Morgan fingerprint density at radius 1 is 1.05 bits per heavy atom. The smallest absolute Gasteiger partial charge is 0.420 e. The van der Waals surface area contributed by atoms with Crippen LogP contribution >= 0.6 is 15.9 Å². The van der Waals surface area contributed by atoms with Gasteiger partial charge in [0.15, 0.2) is 11.6 Å². The van der Waals surface area contributed by atoms with Crippen LogP contribution in [-0.4, -0.2) is 7.11 Å². The van der Waals surface area contributed by atoms with E-state index in [9.17, 15) is 17.6 Å². The molecule has 0 saturated carbocycles. The second-order valence-electron chi connectivity index (χ2n) is 4.42. The molecule has 0 atom stereocenters. The highest BCUT2D eigenvalue weighted by Crippen LogP contribution is 2.39. The SMILES string of the molecule is COc1c(C(F)(F)F)ccc(Cc2ccc(Br)cc2)c1F. The van der Waals surface area contributed by atoms with E-state index in [0.29, 0.717) is 0 Å². The van der Waals surface area contributed by atoms with Crippen LogP contribution in [0, 0.1) is 5.82 Å². The number of alkyl halides is 3. The van der Waals surface area contributed by atoms with Gasteiger partial charge in [-0.25, -0.2) is 4.39 Å². The lowest BCUT2D eigenvalue weighted by molar-refractivity contribution is -0.139. The van der Waals surface area contributed by atoms with Gasteiger partial charge in [0.2, 0.25) is 0 Å². The number of methoxy groups -OCH3 is 1. The Hall–Kier alpha value is -1.56. The predicted molar refractivity (Wildman–Crippen MR) is 74.9 cm³/mol. The van der Waals surface area contributed by atoms with Crippen LogP contribution in [0.3, 0.4) is 0 Å². The highest BCUT2D eigenvalue weighted by atomic mass is 79.9. The molecule has 0 aliphatic carbocycles. The van der Waals surface area contributed by atoms with Crippen molar-refractivity contribution >= 4 is 15.9 Å². The third-order valence-corrected chi connectivity index (χ3v) is 3.52. The maximum atomic E-state index is 14.2. The summed E-state index contributed by atoms with van der Waals surface area (Å²) >= 11 is 3.28. The van der Waals surface area contributed by atoms with Crippen molar-refractivity contribution in [1.82, 2.24) is 0 Å². The maximum absolute atomic E-state index is 14.2. The van der Waals surface area contributed by atoms with E-state index in [2.05, 4.69) is 20.7 Å². The van der Waals surface area contributed by atoms with Gasteiger partial charge < -0.3 is 4.74 Å². The molecule has 0 aromatic heterocycles. The number of benzene rings is 2. The second kappa shape index (κ2) is 6.05. The number of rotatable bonds is 3. The van der Waals surface area contributed by atoms with E-state index in [1.165, 1.54) is 0 Å². The lowest BCUT2D eigenvalue weighted by Gasteiger charge is -2.15. The Kier molecular flexibility index (Phi) is 4.56. The Labute approximate surface area is 127 Å². The molecule has 1 nitrogen and oxygen atoms in total. The summed E-state index contributed by atoms with van der Waals surface area (Å²) in [5, 5.41) is 0. The van der Waals surface area contributed by atoms with Crippen LogP contribution in [0.4, 0.5) is 17.6 Å². The Bertz CT molecular complexity index is 635. The Balaban J connectivity index is 2.40. The zero-order chi connectivity index (χ0) is 15.6. The topological polar surface area (TPSA) is 9.23 Å². The summed E-state index contributed by atoms with van der Waals surface area (Å²) < 4.78 is 58.0. The van der Waals surface area contributed by atoms with Gasteiger partial charge in [-0.2, -0.15) is 13.2 Å². The van der Waals surface area contributed by atoms with Crippen molar-refractivity contribution in [3.63, 3.8) is 0 Å². The first-order valence-electron chi connectivity index (χ1n) is 6.00. The van der Waals surface area contributed by atoms with Crippen molar-refractivity contribution in [2.45, 2.75) is 12.6 Å². The molecule has 2 aromatic carbocycles. The molecule has 0 saturated heterocycles. The third-order valence-electron chi connectivity index (χ3n) is 2.99. The van der Waals surface area contributed by atoms with E-state index < -0.39 is 23.3 Å². The molecular formula is C15H11BrF4O. The van der Waals surface area contributed by atoms with Gasteiger partial charge >= 0.3 is 6.18 Å². The van der Waals surface area contributed by atoms with Gasteiger partial charge in [-0.1, -0.05) is 34.1 Å². The minimum Gasteiger partial charge on any atom is -0.493 e. The molecule has 2 aromatic rings. The number of hydrogen-bond donors (Lipinski definition) is 0. The zero-order valence-corrected chi connectivity index (χ0v) is 12.6. The summed E-state index contributed by atoms with van der Waals surface area (Å²) in [7, 11) is 1.02. The van der Waals surface area contributed by atoms with Crippen LogP contribution in [0.2, 0.25) is 0 Å². The van der Waals surface area contributed by atoms with Crippen LogP contribution in [0.25, 0.3) is 0 Å². The van der Waals surface area contributed by atoms with E-state index >= 15 is 0 Å². The molecule has 0 bridgehead atoms. The number of ether oxygens (including phenoxy) is 1. The number of hydrogen-bond acceptors (Lipinski definition) is 1. The van der Waals surface area contributed by atoms with Gasteiger partial charge in [0, 0.05) is 10.9 Å². The molecule has 0 aliphatic rings. The van der Waals surface area contributed by atoms with Gasteiger partial charge in [-0.05, 0) is 29.3 Å². The van der Waals surface area contributed by atoms with Crippen molar-refractivity contribution < 1.29 is 22.3 Å². The standard InChI is InChI=1S/C15H11BrF4O/c1-21-14-12(15(18,19)20)7-4-10(13(14)17)8-9-2-5-11(16)6-3-9/h2-7H,8H2,1H3. The van der Waals surface area contributed by atoms with Crippen LogP contribution in [0.15, 0.2) is 40.9 Å². The van der Waals surface area contributed by atoms with Gasteiger partial charge in [-0.3, -0.25) is 0 Å². The normalized spacial score (nSPS) is 11.5. The first-order valence-corrected chi connectivity index (χ1v) is 6.79. The monoisotopic (exact) mass is 362 g/mol. The summed E-state index contributed by atoms with van der Waals surface area (Å²) in [6.07, 6.45) is -4.46. The van der Waals surface area contributed by atoms with Gasteiger partial charge in [0.1, 0.15) is 5.56 Å². The summed E-state index contributed by atoms with van der Waals surface area (Å²) in [6, 6.07) is 9.10. The highest BCUT2D eigenvalue weighted by molar-refractivity contribution is 9.10. The molecule has 0 fully saturated rings. The van der Waals surface area contributed by atoms with Crippen LogP contribution in [-0.2, 0) is 12.6 Å². The van der Waals surface area contributed by atoms with Crippen molar-refractivity contribution in [3.8, 4) is 5.75 Å². The molecular weight excluding hydrogens is 352 g/mol. The summed E-state index contributed by atoms with van der Waals surface area (Å²) in [4.78, 5) is 0. The Morgan fingerprint density at radius 3 is 2.19 bits per heavy atom. The van der Waals surface area contributed by atoms with E-state index in [-0.39, 0.29) is 12.0 Å². The summed E-state index contributed by atoms with van der Waals surface area (Å²) in [5.74, 6) is -1.74. The lowest BCUT2D eigenvalue weighted by atomic mass is 10.0. The zero-order valence-electron chi connectivity index (χ0n) is 11.0. The van der Waals surface area contributed by atoms with Crippen molar-refractivity contribution in [2.24, 2.45) is 0 Å². The van der Waals surface area contributed by atoms with Crippen molar-refractivity contribution in [3.05, 3.63) is 63.4 Å². The molecule has 0 spiro atoms. The van der Waals surface area contributed by atoms with Crippen molar-refractivity contribution in [2.75, 3.05) is 7.11 Å². The summed E-state index contributed by atoms with van der Waals surface area (Å²) in [5.41, 5.74) is -0.164. The van der Waals surface area contributed by atoms with E-state index in [0.717, 1.165) is 29.3 Å². The maximum Gasteiger partial charge on any atom is 0.420 e. The molecule has 0 aliphatic heterocycles. The van der Waals surface area contributed by atoms with Crippen LogP contribution in [0.1, 0.15) is 16.7 Å². The first-order chi connectivity index (χ1) is 9.82. The molecule has 112 valence electrons. The first kappa shape index (κ1) is 15.8. The fourth-order valence-corrected chi connectivity index (χ4v) is 2.24. The average molecular weight is 363 g/mol. The molecule has 21 heavy (non-hydrogen) atoms. The predicted octanol–water partition coefficient (Wildman–Crippen LogP) is 5.21. The fraction of sp³-hybridized carbons (Fsp3) is 0.200. The fourth-order valence-electron chi connectivity index (χ4n) is 1.98. The number of halogens is 5. The van der Waals surface area contributed by atoms with E-state index in [1.807, 2.05) is 0 Å². The molecule has 0 N–H and O–H groups in total. The third kappa shape index (κ3) is 3.56. The van der Waals surface area contributed by atoms with Gasteiger partial charge in [-0.15, -0.1) is 0 Å². The minimum atomic E-state index is -4.65. The van der Waals surface area contributed by atoms with Gasteiger partial charge in [0.25, 0.3) is 0 Å². The minimum absolute atomic E-state index is 0.155. The molecule has 0 amide bonds. The van der Waals surface area contributed by atoms with E-state index in [1.54, 1.807) is 24.3 Å². The van der Waals surface area contributed by atoms with E-state index in [4.69, 9.17) is 0 Å². The van der Waals surface area contributed by atoms with Gasteiger partial charge in [0.05, 0.1) is 7.11 Å². The lowest BCUT2D eigenvalue weighted by Crippen LogP contribution is -2.10. The molecule has 2 rings (SSSR count).